The molecular weight excluding hydrogens is 475 g/mol. The lowest BCUT2D eigenvalue weighted by Crippen LogP contribution is -2.36. The van der Waals surface area contributed by atoms with Gasteiger partial charge < -0.3 is 19.1 Å². The number of hydrogen-bond donors (Lipinski definition) is 0. The molecule has 3 aromatic rings. The first kappa shape index (κ1) is 22.3. The Morgan fingerprint density at radius 2 is 1.81 bits per heavy atom. The molecule has 0 N–H and O–H groups in total. The van der Waals surface area contributed by atoms with E-state index in [-0.39, 0.29) is 12.4 Å². The number of nitrogens with zero attached hydrogens (tertiary/aromatic N) is 2. The van der Waals surface area contributed by atoms with Gasteiger partial charge in [-0.15, -0.1) is 0 Å². The standard InChI is InChI=1S/C25H24BrFN2O3/c1-30-24-14-19(22(26)15-25(24)32-17-18-4-2-3-5-23(18)27)16-28-20-6-8-21(9-7-20)29-10-12-31-13-11-29/h2-9,14-16H,10-13,17H2,1H3. The predicted molar refractivity (Wildman–Crippen MR) is 128 cm³/mol. The van der Waals surface area contributed by atoms with Crippen molar-refractivity contribution in [3.05, 3.63) is 82.1 Å². The number of halogens is 2. The average Bonchev–Trinajstić information content (AvgIpc) is 2.84. The third-order valence-corrected chi connectivity index (χ3v) is 5.89. The van der Waals surface area contributed by atoms with Gasteiger partial charge in [-0.3, -0.25) is 4.99 Å². The Morgan fingerprint density at radius 1 is 1.06 bits per heavy atom. The summed E-state index contributed by atoms with van der Waals surface area (Å²) in [4.78, 5) is 6.89. The molecule has 0 spiro atoms. The fraction of sp³-hybridized carbons (Fsp3) is 0.240. The SMILES string of the molecule is COc1cc(C=Nc2ccc(N3CCOCC3)cc2)c(Br)cc1OCc1ccccc1F. The first-order valence-corrected chi connectivity index (χ1v) is 11.1. The normalized spacial score (nSPS) is 14.0. The number of benzene rings is 3. The van der Waals surface area contributed by atoms with Crippen LogP contribution in [-0.2, 0) is 11.3 Å². The van der Waals surface area contributed by atoms with E-state index in [2.05, 4.69) is 38.0 Å². The van der Waals surface area contributed by atoms with E-state index in [1.165, 1.54) is 11.8 Å². The Morgan fingerprint density at radius 3 is 2.53 bits per heavy atom. The number of morpholine rings is 1. The van der Waals surface area contributed by atoms with Crippen LogP contribution in [0.4, 0.5) is 15.8 Å². The van der Waals surface area contributed by atoms with Crippen molar-refractivity contribution in [2.75, 3.05) is 38.3 Å². The largest absolute Gasteiger partial charge is 0.493 e. The Labute approximate surface area is 195 Å². The summed E-state index contributed by atoms with van der Waals surface area (Å²) in [6.45, 7) is 3.44. The summed E-state index contributed by atoms with van der Waals surface area (Å²) in [7, 11) is 1.57. The lowest BCUT2D eigenvalue weighted by Gasteiger charge is -2.28. The lowest BCUT2D eigenvalue weighted by molar-refractivity contribution is 0.122. The fourth-order valence-corrected chi connectivity index (χ4v) is 3.83. The molecule has 1 aliphatic rings. The number of ether oxygens (including phenoxy) is 3. The highest BCUT2D eigenvalue weighted by molar-refractivity contribution is 9.10. The topological polar surface area (TPSA) is 43.3 Å². The fourth-order valence-electron chi connectivity index (χ4n) is 3.41. The molecular formula is C25H24BrFN2O3. The van der Waals surface area contributed by atoms with E-state index in [0.717, 1.165) is 42.0 Å². The van der Waals surface area contributed by atoms with Crippen LogP contribution in [0.25, 0.3) is 0 Å². The van der Waals surface area contributed by atoms with E-state index >= 15 is 0 Å². The highest BCUT2D eigenvalue weighted by Gasteiger charge is 2.12. The van der Waals surface area contributed by atoms with Gasteiger partial charge >= 0.3 is 0 Å². The highest BCUT2D eigenvalue weighted by atomic mass is 79.9. The van der Waals surface area contributed by atoms with Crippen LogP contribution in [0.1, 0.15) is 11.1 Å². The van der Waals surface area contributed by atoms with Gasteiger partial charge in [-0.25, -0.2) is 4.39 Å². The molecule has 1 aliphatic heterocycles. The van der Waals surface area contributed by atoms with Crippen molar-refractivity contribution in [1.29, 1.82) is 0 Å². The van der Waals surface area contributed by atoms with Gasteiger partial charge in [0.15, 0.2) is 11.5 Å². The zero-order chi connectivity index (χ0) is 22.3. The van der Waals surface area contributed by atoms with Crippen molar-refractivity contribution in [2.24, 2.45) is 4.99 Å². The Hall–Kier alpha value is -2.90. The maximum Gasteiger partial charge on any atom is 0.162 e. The molecule has 32 heavy (non-hydrogen) atoms. The smallest absolute Gasteiger partial charge is 0.162 e. The van der Waals surface area contributed by atoms with Crippen LogP contribution >= 0.6 is 15.9 Å². The second-order valence-electron chi connectivity index (χ2n) is 7.28. The lowest BCUT2D eigenvalue weighted by atomic mass is 10.2. The van der Waals surface area contributed by atoms with E-state index < -0.39 is 0 Å². The summed E-state index contributed by atoms with van der Waals surface area (Å²) in [6, 6.07) is 18.3. The Kier molecular flexibility index (Phi) is 7.39. The van der Waals surface area contributed by atoms with Crippen LogP contribution in [-0.4, -0.2) is 39.6 Å². The van der Waals surface area contributed by atoms with Crippen molar-refractivity contribution >= 4 is 33.5 Å². The van der Waals surface area contributed by atoms with Crippen LogP contribution in [0, 0.1) is 5.82 Å². The van der Waals surface area contributed by atoms with E-state index in [0.29, 0.717) is 17.1 Å². The van der Waals surface area contributed by atoms with Crippen molar-refractivity contribution in [1.82, 2.24) is 0 Å². The van der Waals surface area contributed by atoms with E-state index in [1.54, 1.807) is 31.5 Å². The summed E-state index contributed by atoms with van der Waals surface area (Å²) < 4.78 is 31.4. The molecule has 5 nitrogen and oxygen atoms in total. The highest BCUT2D eigenvalue weighted by Crippen LogP contribution is 2.34. The summed E-state index contributed by atoms with van der Waals surface area (Å²) in [5.41, 5.74) is 3.35. The van der Waals surface area contributed by atoms with E-state index in [9.17, 15) is 4.39 Å². The third-order valence-electron chi connectivity index (χ3n) is 5.20. The summed E-state index contributed by atoms with van der Waals surface area (Å²) in [5, 5.41) is 0. The van der Waals surface area contributed by atoms with Crippen LogP contribution < -0.4 is 14.4 Å². The number of aliphatic imine (C=N–C) groups is 1. The zero-order valence-corrected chi connectivity index (χ0v) is 19.3. The third kappa shape index (κ3) is 5.47. The molecule has 0 aromatic heterocycles. The molecule has 0 bridgehead atoms. The second-order valence-corrected chi connectivity index (χ2v) is 8.13. The quantitative estimate of drug-likeness (QED) is 0.388. The first-order chi connectivity index (χ1) is 15.6. The molecule has 0 saturated carbocycles. The number of hydrogen-bond acceptors (Lipinski definition) is 5. The number of rotatable bonds is 7. The van der Waals surface area contributed by atoms with Crippen LogP contribution in [0.2, 0.25) is 0 Å². The summed E-state index contributed by atoms with van der Waals surface area (Å²) in [6.07, 6.45) is 1.77. The van der Waals surface area contributed by atoms with Gasteiger partial charge in [-0.2, -0.15) is 0 Å². The van der Waals surface area contributed by atoms with Gasteiger partial charge in [0.1, 0.15) is 12.4 Å². The molecule has 166 valence electrons. The molecule has 1 heterocycles. The maximum atomic E-state index is 13.9. The minimum Gasteiger partial charge on any atom is -0.493 e. The molecule has 0 radical (unpaired) electrons. The minimum absolute atomic E-state index is 0.110. The van der Waals surface area contributed by atoms with Crippen LogP contribution in [0.15, 0.2) is 70.1 Å². The second kappa shape index (κ2) is 10.6. The molecule has 0 amide bonds. The minimum atomic E-state index is -0.297. The predicted octanol–water partition coefficient (Wildman–Crippen LogP) is 5.76. The van der Waals surface area contributed by atoms with Gasteiger partial charge in [0.05, 0.1) is 26.0 Å². The molecule has 0 aliphatic carbocycles. The average molecular weight is 499 g/mol. The number of anilines is 1. The van der Waals surface area contributed by atoms with Crippen molar-refractivity contribution in [2.45, 2.75) is 6.61 Å². The number of methoxy groups -OCH3 is 1. The molecule has 3 aromatic carbocycles. The van der Waals surface area contributed by atoms with Gasteiger partial charge in [-0.05, 0) is 58.4 Å². The van der Waals surface area contributed by atoms with Crippen molar-refractivity contribution < 1.29 is 18.6 Å². The molecule has 1 saturated heterocycles. The zero-order valence-electron chi connectivity index (χ0n) is 17.8. The van der Waals surface area contributed by atoms with E-state index in [4.69, 9.17) is 14.2 Å². The monoisotopic (exact) mass is 498 g/mol. The Balaban J connectivity index is 1.46. The molecule has 7 heteroatoms. The molecule has 0 atom stereocenters. The van der Waals surface area contributed by atoms with Crippen LogP contribution in [0.5, 0.6) is 11.5 Å². The summed E-state index contributed by atoms with van der Waals surface area (Å²) >= 11 is 3.57. The molecule has 4 rings (SSSR count). The van der Waals surface area contributed by atoms with Crippen molar-refractivity contribution in [3.63, 3.8) is 0 Å². The van der Waals surface area contributed by atoms with Crippen LogP contribution in [0.3, 0.4) is 0 Å². The van der Waals surface area contributed by atoms with E-state index in [1.807, 2.05) is 24.3 Å². The van der Waals surface area contributed by atoms with Crippen molar-refractivity contribution in [3.8, 4) is 11.5 Å². The van der Waals surface area contributed by atoms with Gasteiger partial charge in [0.2, 0.25) is 0 Å². The van der Waals surface area contributed by atoms with Gasteiger partial charge in [0.25, 0.3) is 0 Å². The summed E-state index contributed by atoms with van der Waals surface area (Å²) in [5.74, 6) is 0.775. The van der Waals surface area contributed by atoms with Gasteiger partial charge in [-0.1, -0.05) is 18.2 Å². The first-order valence-electron chi connectivity index (χ1n) is 10.3. The van der Waals surface area contributed by atoms with Gasteiger partial charge in [0, 0.05) is 40.6 Å². The molecule has 1 fully saturated rings. The maximum absolute atomic E-state index is 13.9. The Bertz CT molecular complexity index is 1080. The molecule has 0 unspecified atom stereocenters.